The average molecular weight is 667 g/mol. The predicted octanol–water partition coefficient (Wildman–Crippen LogP) is 5.53. The number of carbonyl (C=O) groups is 1. The fourth-order valence-electron chi connectivity index (χ4n) is 7.85. The minimum atomic E-state index is -0.318. The first-order valence-electron chi connectivity index (χ1n) is 17.5. The molecule has 3 aliphatic heterocycles. The molecule has 0 N–H and O–H groups in total. The predicted molar refractivity (Wildman–Crippen MR) is 194 cm³/mol. The van der Waals surface area contributed by atoms with E-state index >= 15 is 0 Å². The van der Waals surface area contributed by atoms with Crippen LogP contribution in [-0.2, 0) is 24.3 Å². The molecule has 0 spiro atoms. The van der Waals surface area contributed by atoms with Gasteiger partial charge in [-0.3, -0.25) is 14.7 Å². The minimum absolute atomic E-state index is 0.0747. The van der Waals surface area contributed by atoms with E-state index in [-0.39, 0.29) is 24.5 Å². The lowest BCUT2D eigenvalue weighted by molar-refractivity contribution is -0.128. The molecule has 0 bridgehead atoms. The van der Waals surface area contributed by atoms with Gasteiger partial charge in [0.1, 0.15) is 17.7 Å². The molecule has 1 amide bonds. The Kier molecular flexibility index (Phi) is 9.64. The summed E-state index contributed by atoms with van der Waals surface area (Å²) in [5.41, 5.74) is 6.68. The van der Waals surface area contributed by atoms with Gasteiger partial charge in [0.25, 0.3) is 0 Å². The topological polar surface area (TPSA) is 113 Å². The van der Waals surface area contributed by atoms with Crippen LogP contribution in [0, 0.1) is 29.6 Å². The number of hydrogen-bond acceptors (Lipinski definition) is 9. The summed E-state index contributed by atoms with van der Waals surface area (Å²) in [4.78, 5) is 31.1. The Morgan fingerprint density at radius 2 is 1.84 bits per heavy atom. The Morgan fingerprint density at radius 3 is 2.58 bits per heavy atom. The van der Waals surface area contributed by atoms with Gasteiger partial charge in [0, 0.05) is 68.6 Å². The number of benzene rings is 2. The van der Waals surface area contributed by atoms with Crippen molar-refractivity contribution >= 4 is 28.1 Å². The van der Waals surface area contributed by atoms with Gasteiger partial charge in [0.2, 0.25) is 11.8 Å². The van der Waals surface area contributed by atoms with Gasteiger partial charge in [-0.05, 0) is 61.4 Å². The first kappa shape index (κ1) is 33.1. The number of nitriles is 2. The molecule has 0 saturated carbocycles. The lowest BCUT2D eigenvalue weighted by Crippen LogP contribution is -2.55. The largest absolute Gasteiger partial charge is 0.473 e. The van der Waals surface area contributed by atoms with Crippen molar-refractivity contribution in [2.24, 2.45) is 0 Å². The number of pyridine rings is 2. The first-order chi connectivity index (χ1) is 24.5. The second-order valence-corrected chi connectivity index (χ2v) is 13.4. The lowest BCUT2D eigenvalue weighted by atomic mass is 9.95. The van der Waals surface area contributed by atoms with Crippen molar-refractivity contribution in [1.29, 1.82) is 10.5 Å². The molecule has 0 aliphatic carbocycles. The third kappa shape index (κ3) is 6.59. The van der Waals surface area contributed by atoms with E-state index in [1.54, 1.807) is 4.90 Å². The molecular formula is C40H42N8O2. The number of ether oxygens (including phenoxy) is 1. The molecule has 5 heterocycles. The summed E-state index contributed by atoms with van der Waals surface area (Å²) in [6.07, 6.45) is 5.60. The van der Waals surface area contributed by atoms with E-state index in [2.05, 4.69) is 87.8 Å². The van der Waals surface area contributed by atoms with Gasteiger partial charge >= 0.3 is 0 Å². The summed E-state index contributed by atoms with van der Waals surface area (Å²) in [6.45, 7) is 11.1. The van der Waals surface area contributed by atoms with Crippen LogP contribution in [0.1, 0.15) is 47.3 Å². The summed E-state index contributed by atoms with van der Waals surface area (Å²) in [6, 6.07) is 23.3. The minimum Gasteiger partial charge on any atom is -0.473 e. The van der Waals surface area contributed by atoms with E-state index < -0.39 is 0 Å². The van der Waals surface area contributed by atoms with Gasteiger partial charge in [-0.2, -0.15) is 10.5 Å². The number of carbonyl (C=O) groups excluding carboxylic acids is 1. The number of aromatic nitrogens is 2. The van der Waals surface area contributed by atoms with Crippen LogP contribution in [0.3, 0.4) is 0 Å². The molecule has 10 nitrogen and oxygen atoms in total. The number of fused-ring (bicyclic) bond motifs is 2. The highest BCUT2D eigenvalue weighted by molar-refractivity contribution is 5.97. The van der Waals surface area contributed by atoms with Crippen LogP contribution in [0.25, 0.3) is 10.8 Å². The second kappa shape index (κ2) is 14.6. The zero-order chi connectivity index (χ0) is 34.6. The molecule has 0 radical (unpaired) electrons. The van der Waals surface area contributed by atoms with E-state index in [1.165, 1.54) is 28.1 Å². The Labute approximate surface area is 293 Å². The summed E-state index contributed by atoms with van der Waals surface area (Å²) in [5, 5.41) is 22.9. The van der Waals surface area contributed by atoms with Gasteiger partial charge in [0.15, 0.2) is 0 Å². The van der Waals surface area contributed by atoms with Crippen LogP contribution in [0.4, 0.5) is 11.4 Å². The van der Waals surface area contributed by atoms with Crippen LogP contribution in [0.5, 0.6) is 5.88 Å². The Bertz CT molecular complexity index is 1970. The molecule has 254 valence electrons. The fraction of sp³-hybridized carbons (Fsp3) is 0.375. The SMILES string of the molecule is C=CC(=O)N1CCN(c2c(C#N)c(OC3CCN(Cc4ccccn4)CC3)nc3c2CCN(c2cccc4cccc(C)c24)C3)CC1CC#N. The van der Waals surface area contributed by atoms with Crippen molar-refractivity contribution in [3.05, 3.63) is 102 Å². The fourth-order valence-corrected chi connectivity index (χ4v) is 7.85. The molecular weight excluding hydrogens is 624 g/mol. The van der Waals surface area contributed by atoms with E-state index in [4.69, 9.17) is 9.72 Å². The van der Waals surface area contributed by atoms with Crippen LogP contribution in [0.15, 0.2) is 73.4 Å². The molecule has 50 heavy (non-hydrogen) atoms. The number of piperazine rings is 1. The zero-order valence-electron chi connectivity index (χ0n) is 28.6. The Hall–Kier alpha value is -5.45. The average Bonchev–Trinajstić information content (AvgIpc) is 3.15. The van der Waals surface area contributed by atoms with Crippen LogP contribution in [-0.4, -0.2) is 77.1 Å². The van der Waals surface area contributed by atoms with Crippen LogP contribution in [0.2, 0.25) is 0 Å². The Morgan fingerprint density at radius 1 is 1.02 bits per heavy atom. The lowest BCUT2D eigenvalue weighted by Gasteiger charge is -2.43. The van der Waals surface area contributed by atoms with Crippen molar-refractivity contribution in [2.75, 3.05) is 49.1 Å². The zero-order valence-corrected chi connectivity index (χ0v) is 28.6. The van der Waals surface area contributed by atoms with Crippen molar-refractivity contribution < 1.29 is 9.53 Å². The molecule has 1 atom stereocenters. The first-order valence-corrected chi connectivity index (χ1v) is 17.5. The molecule has 7 rings (SSSR count). The molecule has 2 aromatic heterocycles. The van der Waals surface area contributed by atoms with Gasteiger partial charge in [0.05, 0.1) is 42.2 Å². The number of hydrogen-bond donors (Lipinski definition) is 0. The third-order valence-electron chi connectivity index (χ3n) is 10.3. The maximum absolute atomic E-state index is 12.7. The highest BCUT2D eigenvalue weighted by Gasteiger charge is 2.35. The summed E-state index contributed by atoms with van der Waals surface area (Å²) in [7, 11) is 0. The molecule has 1 unspecified atom stereocenters. The van der Waals surface area contributed by atoms with Crippen molar-refractivity contribution in [3.63, 3.8) is 0 Å². The highest BCUT2D eigenvalue weighted by Crippen LogP contribution is 2.40. The quantitative estimate of drug-likeness (QED) is 0.224. The van der Waals surface area contributed by atoms with Gasteiger partial charge in [-0.1, -0.05) is 43.0 Å². The van der Waals surface area contributed by atoms with Crippen molar-refractivity contribution in [3.8, 4) is 18.0 Å². The number of nitrogens with zero attached hydrogens (tertiary/aromatic N) is 8. The van der Waals surface area contributed by atoms with E-state index in [0.29, 0.717) is 44.0 Å². The van der Waals surface area contributed by atoms with Crippen molar-refractivity contribution in [2.45, 2.75) is 57.8 Å². The van der Waals surface area contributed by atoms with Gasteiger partial charge in [-0.25, -0.2) is 4.98 Å². The number of aryl methyl sites for hydroxylation is 1. The third-order valence-corrected chi connectivity index (χ3v) is 10.3. The Balaban J connectivity index is 1.22. The number of likely N-dealkylation sites (tertiary alicyclic amines) is 1. The number of anilines is 2. The summed E-state index contributed by atoms with van der Waals surface area (Å²) < 4.78 is 6.70. The van der Waals surface area contributed by atoms with Gasteiger partial charge in [-0.15, -0.1) is 0 Å². The molecule has 10 heteroatoms. The summed E-state index contributed by atoms with van der Waals surface area (Å²) in [5.74, 6) is 0.198. The number of piperidine rings is 1. The highest BCUT2D eigenvalue weighted by atomic mass is 16.5. The molecule has 2 saturated heterocycles. The molecule has 2 aromatic carbocycles. The number of amides is 1. The summed E-state index contributed by atoms with van der Waals surface area (Å²) >= 11 is 0. The number of rotatable bonds is 8. The molecule has 3 aliphatic rings. The monoisotopic (exact) mass is 666 g/mol. The smallest absolute Gasteiger partial charge is 0.246 e. The van der Waals surface area contributed by atoms with Gasteiger partial charge < -0.3 is 19.4 Å². The van der Waals surface area contributed by atoms with Crippen molar-refractivity contribution in [1.82, 2.24) is 19.8 Å². The van der Waals surface area contributed by atoms with E-state index in [1.807, 2.05) is 18.3 Å². The molecule has 2 fully saturated rings. The standard InChI is InChI=1S/C40H42N8O2/c1-3-37(49)48-23-22-47(26-31(48)13-17-41)39-33-16-21-46(36-12-7-10-29-9-6-8-28(2)38(29)36)27-35(33)44-40(34(39)24-42)50-32-14-19-45(20-15-32)25-30-11-4-5-18-43-30/h3-12,18,31-32H,1,13-16,19-23,25-27H2,2H3. The van der Waals surface area contributed by atoms with Crippen LogP contribution >= 0.6 is 0 Å². The maximum atomic E-state index is 12.7. The van der Waals surface area contributed by atoms with E-state index in [0.717, 1.165) is 61.7 Å². The maximum Gasteiger partial charge on any atom is 0.246 e. The van der Waals surface area contributed by atoms with E-state index in [9.17, 15) is 15.3 Å². The van der Waals surface area contributed by atoms with Crippen LogP contribution < -0.4 is 14.5 Å². The second-order valence-electron chi connectivity index (χ2n) is 13.4. The normalized spacial score (nSPS) is 18.3. The molecule has 4 aromatic rings.